The van der Waals surface area contributed by atoms with Crippen molar-refractivity contribution in [2.45, 2.75) is 25.7 Å². The number of halogens is 3. The van der Waals surface area contributed by atoms with Crippen molar-refractivity contribution in [2.75, 3.05) is 4.72 Å². The molecule has 0 amide bonds. The largest absolute Gasteiger partial charge is 0.274 e. The second-order valence-corrected chi connectivity index (χ2v) is 8.56. The highest BCUT2D eigenvalue weighted by atomic mass is 32.2. The molecule has 0 unspecified atom stereocenters. The van der Waals surface area contributed by atoms with Gasteiger partial charge in [0.2, 0.25) is 0 Å². The zero-order chi connectivity index (χ0) is 22.1. The van der Waals surface area contributed by atoms with Gasteiger partial charge in [0.25, 0.3) is 10.0 Å². The third-order valence-electron chi connectivity index (χ3n) is 4.38. The quantitative estimate of drug-likeness (QED) is 0.580. The monoisotopic (exact) mass is 429 g/mol. The maximum absolute atomic E-state index is 14.5. The summed E-state index contributed by atoms with van der Waals surface area (Å²) >= 11 is 0. The third-order valence-corrected chi connectivity index (χ3v) is 5.85. The summed E-state index contributed by atoms with van der Waals surface area (Å²) in [6.07, 6.45) is 0. The Morgan fingerprint density at radius 2 is 1.40 bits per heavy atom. The van der Waals surface area contributed by atoms with Crippen LogP contribution in [0, 0.1) is 50.1 Å². The third kappa shape index (κ3) is 4.66. The Hall–Kier alpha value is -3.24. The molecule has 154 valence electrons. The summed E-state index contributed by atoms with van der Waals surface area (Å²) in [6, 6.07) is 11.6. The Morgan fingerprint density at radius 1 is 0.767 bits per heavy atom. The number of aryl methyl sites for hydroxylation is 2. The standard InChI is InChI=1S/C23H18F3NO2S/c1-14-5-4-6-17(9-14)7-8-18-12-20(25)23(21(26)13-18)27-30(28,29)22-11-15(2)10-19(24)16(22)3/h4-6,9-13,27H,1-3H3. The van der Waals surface area contributed by atoms with Crippen molar-refractivity contribution in [1.29, 1.82) is 0 Å². The first kappa shape index (κ1) is 21.5. The molecule has 7 heteroatoms. The highest BCUT2D eigenvalue weighted by Gasteiger charge is 2.23. The van der Waals surface area contributed by atoms with Gasteiger partial charge in [-0.05, 0) is 68.3 Å². The Balaban J connectivity index is 1.95. The van der Waals surface area contributed by atoms with Gasteiger partial charge < -0.3 is 0 Å². The average molecular weight is 429 g/mol. The van der Waals surface area contributed by atoms with Crippen LogP contribution in [0.3, 0.4) is 0 Å². The van der Waals surface area contributed by atoms with Crippen LogP contribution in [0.15, 0.2) is 53.4 Å². The molecular weight excluding hydrogens is 411 g/mol. The molecule has 0 saturated carbocycles. The first-order chi connectivity index (χ1) is 14.1. The zero-order valence-electron chi connectivity index (χ0n) is 16.5. The molecule has 1 N–H and O–H groups in total. The van der Waals surface area contributed by atoms with E-state index in [0.29, 0.717) is 11.1 Å². The average Bonchev–Trinajstić information content (AvgIpc) is 2.66. The molecule has 3 aromatic rings. The predicted molar refractivity (Wildman–Crippen MR) is 110 cm³/mol. The fourth-order valence-electron chi connectivity index (χ4n) is 2.86. The van der Waals surface area contributed by atoms with E-state index in [1.54, 1.807) is 6.07 Å². The highest BCUT2D eigenvalue weighted by molar-refractivity contribution is 7.92. The SMILES string of the molecule is Cc1cccc(C#Cc2cc(F)c(NS(=O)(=O)c3cc(C)cc(F)c3C)c(F)c2)c1. The van der Waals surface area contributed by atoms with Crippen LogP contribution in [0.1, 0.15) is 27.8 Å². The van der Waals surface area contributed by atoms with E-state index in [1.165, 1.54) is 26.0 Å². The van der Waals surface area contributed by atoms with Crippen molar-refractivity contribution in [3.8, 4) is 11.8 Å². The highest BCUT2D eigenvalue weighted by Crippen LogP contribution is 2.27. The van der Waals surface area contributed by atoms with Gasteiger partial charge in [0, 0.05) is 16.7 Å². The van der Waals surface area contributed by atoms with Crippen LogP contribution in [0.2, 0.25) is 0 Å². The van der Waals surface area contributed by atoms with Crippen molar-refractivity contribution < 1.29 is 21.6 Å². The molecule has 0 bridgehead atoms. The number of sulfonamides is 1. The van der Waals surface area contributed by atoms with E-state index in [-0.39, 0.29) is 16.0 Å². The van der Waals surface area contributed by atoms with E-state index in [0.717, 1.165) is 17.7 Å². The van der Waals surface area contributed by atoms with Crippen molar-refractivity contribution in [2.24, 2.45) is 0 Å². The summed E-state index contributed by atoms with van der Waals surface area (Å²) in [5.41, 5.74) is 1.09. The minimum absolute atomic E-state index is 0.0484. The molecule has 0 heterocycles. The van der Waals surface area contributed by atoms with E-state index < -0.39 is 33.2 Å². The van der Waals surface area contributed by atoms with Gasteiger partial charge in [-0.15, -0.1) is 0 Å². The zero-order valence-corrected chi connectivity index (χ0v) is 17.3. The van der Waals surface area contributed by atoms with Crippen LogP contribution in [0.5, 0.6) is 0 Å². The van der Waals surface area contributed by atoms with E-state index in [1.807, 2.05) is 29.8 Å². The normalized spacial score (nSPS) is 11.0. The molecule has 3 aromatic carbocycles. The molecule has 0 radical (unpaired) electrons. The van der Waals surface area contributed by atoms with Crippen molar-refractivity contribution in [1.82, 2.24) is 0 Å². The molecule has 0 aromatic heterocycles. The Kier molecular flexibility index (Phi) is 5.90. The molecule has 0 aliphatic carbocycles. The molecule has 0 fully saturated rings. The van der Waals surface area contributed by atoms with Gasteiger partial charge >= 0.3 is 0 Å². The molecule has 3 nitrogen and oxygen atoms in total. The van der Waals surface area contributed by atoms with Crippen LogP contribution in [-0.4, -0.2) is 8.42 Å². The number of hydrogen-bond donors (Lipinski definition) is 1. The van der Waals surface area contributed by atoms with Crippen molar-refractivity contribution >= 4 is 15.7 Å². The van der Waals surface area contributed by atoms with E-state index in [2.05, 4.69) is 11.8 Å². The van der Waals surface area contributed by atoms with Gasteiger partial charge in [-0.2, -0.15) is 0 Å². The number of nitrogens with one attached hydrogen (secondary N) is 1. The van der Waals surface area contributed by atoms with E-state index >= 15 is 0 Å². The lowest BCUT2D eigenvalue weighted by Crippen LogP contribution is -2.17. The maximum atomic E-state index is 14.5. The number of hydrogen-bond acceptors (Lipinski definition) is 2. The summed E-state index contributed by atoms with van der Waals surface area (Å²) in [4.78, 5) is -0.387. The van der Waals surface area contributed by atoms with Gasteiger partial charge in [-0.25, -0.2) is 21.6 Å². The lowest BCUT2D eigenvalue weighted by Gasteiger charge is -2.13. The van der Waals surface area contributed by atoms with Crippen molar-refractivity contribution in [3.05, 3.63) is 93.8 Å². The maximum Gasteiger partial charge on any atom is 0.262 e. The summed E-state index contributed by atoms with van der Waals surface area (Å²) in [5.74, 6) is 2.49. The summed E-state index contributed by atoms with van der Waals surface area (Å²) < 4.78 is 70.0. The Bertz CT molecular complexity index is 1280. The lowest BCUT2D eigenvalue weighted by atomic mass is 10.1. The smallest absolute Gasteiger partial charge is 0.262 e. The molecular formula is C23H18F3NO2S. The van der Waals surface area contributed by atoms with Gasteiger partial charge in [-0.3, -0.25) is 4.72 Å². The van der Waals surface area contributed by atoms with Crippen LogP contribution in [0.4, 0.5) is 18.9 Å². The molecule has 0 spiro atoms. The Morgan fingerprint density at radius 3 is 2.03 bits per heavy atom. The number of benzene rings is 3. The van der Waals surface area contributed by atoms with Crippen LogP contribution >= 0.6 is 0 Å². The molecule has 3 rings (SSSR count). The second kappa shape index (κ2) is 8.25. The van der Waals surface area contributed by atoms with Gasteiger partial charge in [-0.1, -0.05) is 24.0 Å². The first-order valence-corrected chi connectivity index (χ1v) is 10.4. The van der Waals surface area contributed by atoms with Crippen LogP contribution < -0.4 is 4.72 Å². The van der Waals surface area contributed by atoms with Gasteiger partial charge in [0.05, 0.1) is 4.90 Å². The Labute approximate surface area is 173 Å². The topological polar surface area (TPSA) is 46.2 Å². The fraction of sp³-hybridized carbons (Fsp3) is 0.130. The van der Waals surface area contributed by atoms with Crippen LogP contribution in [-0.2, 0) is 10.0 Å². The predicted octanol–water partition coefficient (Wildman–Crippen LogP) is 5.23. The van der Waals surface area contributed by atoms with E-state index in [9.17, 15) is 21.6 Å². The molecule has 0 saturated heterocycles. The minimum Gasteiger partial charge on any atom is -0.274 e. The molecule has 0 aliphatic rings. The summed E-state index contributed by atoms with van der Waals surface area (Å²) in [5, 5.41) is 0. The minimum atomic E-state index is -4.41. The van der Waals surface area contributed by atoms with Gasteiger partial charge in [0.1, 0.15) is 11.5 Å². The molecule has 0 aliphatic heterocycles. The van der Waals surface area contributed by atoms with Gasteiger partial charge in [0.15, 0.2) is 11.6 Å². The van der Waals surface area contributed by atoms with Crippen LogP contribution in [0.25, 0.3) is 0 Å². The lowest BCUT2D eigenvalue weighted by molar-refractivity contribution is 0.579. The second-order valence-electron chi connectivity index (χ2n) is 6.91. The summed E-state index contributed by atoms with van der Waals surface area (Å²) in [6.45, 7) is 4.69. The van der Waals surface area contributed by atoms with E-state index in [4.69, 9.17) is 0 Å². The molecule has 0 atom stereocenters. The fourth-order valence-corrected chi connectivity index (χ4v) is 4.28. The summed E-state index contributed by atoms with van der Waals surface area (Å²) in [7, 11) is -4.41. The van der Waals surface area contributed by atoms with Crippen molar-refractivity contribution in [3.63, 3.8) is 0 Å². The number of rotatable bonds is 3. The first-order valence-electron chi connectivity index (χ1n) is 8.94. The number of anilines is 1. The molecule has 30 heavy (non-hydrogen) atoms.